The molecular weight excluding hydrogens is 424 g/mol. The van der Waals surface area contributed by atoms with Gasteiger partial charge in [-0.05, 0) is 31.2 Å². The van der Waals surface area contributed by atoms with E-state index >= 15 is 0 Å². The summed E-state index contributed by atoms with van der Waals surface area (Å²) in [6.45, 7) is 6.09. The Morgan fingerprint density at radius 2 is 1.64 bits per heavy atom. The largest absolute Gasteiger partial charge is 0.495 e. The molecule has 0 amide bonds. The minimum absolute atomic E-state index is 0.153. The quantitative estimate of drug-likeness (QED) is 0.496. The summed E-state index contributed by atoms with van der Waals surface area (Å²) >= 11 is 0. The summed E-state index contributed by atoms with van der Waals surface area (Å²) in [4.78, 5) is 8.70. The van der Waals surface area contributed by atoms with Gasteiger partial charge in [0.2, 0.25) is 0 Å². The Labute approximate surface area is 193 Å². The van der Waals surface area contributed by atoms with Crippen molar-refractivity contribution in [2.75, 3.05) is 51.3 Å². The number of methoxy groups -OCH3 is 1. The number of aliphatic hydroxyl groups excluding tert-OH is 1. The maximum atomic E-state index is 10.6. The molecular formula is C24H30N4O5. The number of ether oxygens (including phenoxy) is 3. The second-order valence-electron chi connectivity index (χ2n) is 7.90. The molecule has 1 fully saturated rings. The van der Waals surface area contributed by atoms with E-state index in [1.807, 2.05) is 42.5 Å². The minimum atomic E-state index is -0.616. The van der Waals surface area contributed by atoms with Crippen molar-refractivity contribution < 1.29 is 23.8 Å². The predicted molar refractivity (Wildman–Crippen MR) is 123 cm³/mol. The lowest BCUT2D eigenvalue weighted by Crippen LogP contribution is -2.49. The van der Waals surface area contributed by atoms with E-state index in [0.29, 0.717) is 29.8 Å². The molecule has 4 rings (SSSR count). The van der Waals surface area contributed by atoms with Crippen LogP contribution in [0.2, 0.25) is 0 Å². The molecule has 1 aromatic heterocycles. The van der Waals surface area contributed by atoms with Crippen LogP contribution in [0.1, 0.15) is 11.7 Å². The van der Waals surface area contributed by atoms with Gasteiger partial charge in [-0.25, -0.2) is 0 Å². The number of benzene rings is 2. The van der Waals surface area contributed by atoms with Gasteiger partial charge in [-0.15, -0.1) is 0 Å². The molecule has 0 aliphatic carbocycles. The van der Waals surface area contributed by atoms with Gasteiger partial charge in [0.25, 0.3) is 5.89 Å². The van der Waals surface area contributed by atoms with Crippen LogP contribution in [0.5, 0.6) is 17.2 Å². The minimum Gasteiger partial charge on any atom is -0.495 e. The molecule has 1 aliphatic rings. The molecule has 0 saturated carbocycles. The number of piperazine rings is 1. The number of β-amino-alcohol motifs (C(OH)–C–C–N with tert-alkyl or cyclic N) is 1. The Hall–Kier alpha value is -3.30. The number of aryl methyl sites for hydroxylation is 1. The van der Waals surface area contributed by atoms with Crippen LogP contribution < -0.4 is 19.1 Å². The van der Waals surface area contributed by atoms with E-state index in [1.165, 1.54) is 0 Å². The van der Waals surface area contributed by atoms with Gasteiger partial charge >= 0.3 is 0 Å². The molecule has 33 heavy (non-hydrogen) atoms. The van der Waals surface area contributed by atoms with Gasteiger partial charge in [0.05, 0.1) is 12.8 Å². The molecule has 9 heteroatoms. The second kappa shape index (κ2) is 11.0. The molecule has 2 heterocycles. The molecule has 1 saturated heterocycles. The van der Waals surface area contributed by atoms with Crippen molar-refractivity contribution in [3.8, 4) is 17.2 Å². The fourth-order valence-corrected chi connectivity index (χ4v) is 3.83. The zero-order chi connectivity index (χ0) is 23.0. The van der Waals surface area contributed by atoms with Gasteiger partial charge in [-0.3, -0.25) is 4.90 Å². The summed E-state index contributed by atoms with van der Waals surface area (Å²) in [5, 5.41) is 14.3. The highest BCUT2D eigenvalue weighted by Gasteiger charge is 2.21. The highest BCUT2D eigenvalue weighted by Crippen LogP contribution is 2.29. The first-order valence-corrected chi connectivity index (χ1v) is 11.0. The van der Waals surface area contributed by atoms with Crippen molar-refractivity contribution in [2.24, 2.45) is 0 Å². The van der Waals surface area contributed by atoms with Crippen LogP contribution >= 0.6 is 0 Å². The number of hydrogen-bond acceptors (Lipinski definition) is 9. The number of hydrogen-bond donors (Lipinski definition) is 1. The predicted octanol–water partition coefficient (Wildman–Crippen LogP) is 2.53. The van der Waals surface area contributed by atoms with E-state index in [2.05, 4.69) is 26.0 Å². The summed E-state index contributed by atoms with van der Waals surface area (Å²) in [6.07, 6.45) is -0.616. The summed E-state index contributed by atoms with van der Waals surface area (Å²) in [5.41, 5.74) is 1.11. The first-order chi connectivity index (χ1) is 16.1. The monoisotopic (exact) mass is 454 g/mol. The third-order valence-electron chi connectivity index (χ3n) is 5.47. The van der Waals surface area contributed by atoms with E-state index in [-0.39, 0.29) is 13.2 Å². The summed E-state index contributed by atoms with van der Waals surface area (Å²) in [7, 11) is 1.70. The first kappa shape index (κ1) is 22.9. The molecule has 0 radical (unpaired) electrons. The molecule has 176 valence electrons. The van der Waals surface area contributed by atoms with E-state index < -0.39 is 6.10 Å². The van der Waals surface area contributed by atoms with Gasteiger partial charge < -0.3 is 28.7 Å². The molecule has 0 unspecified atom stereocenters. The third kappa shape index (κ3) is 6.15. The standard InChI is InChI=1S/C24H30N4O5/c1-18-25-24(33-26-18)17-32-23-10-6-5-9-22(23)31-16-19(29)15-27-11-13-28(14-12-27)20-7-3-4-8-21(20)30-2/h3-10,19,29H,11-17H2,1-2H3/t19-/m1/s1. The molecule has 0 bridgehead atoms. The summed E-state index contributed by atoms with van der Waals surface area (Å²) in [5.74, 6) is 2.97. The van der Waals surface area contributed by atoms with E-state index in [4.69, 9.17) is 18.7 Å². The Kier molecular flexibility index (Phi) is 7.64. The second-order valence-corrected chi connectivity index (χ2v) is 7.90. The van der Waals surface area contributed by atoms with Gasteiger partial charge in [-0.2, -0.15) is 4.98 Å². The normalized spacial score (nSPS) is 15.3. The summed E-state index contributed by atoms with van der Waals surface area (Å²) in [6, 6.07) is 15.4. The first-order valence-electron chi connectivity index (χ1n) is 11.0. The van der Waals surface area contributed by atoms with Crippen molar-refractivity contribution in [3.05, 3.63) is 60.2 Å². The molecule has 9 nitrogen and oxygen atoms in total. The van der Waals surface area contributed by atoms with Crippen molar-refractivity contribution >= 4 is 5.69 Å². The number of para-hydroxylation sites is 4. The molecule has 1 aliphatic heterocycles. The Bertz CT molecular complexity index is 1020. The summed E-state index contributed by atoms with van der Waals surface area (Å²) < 4.78 is 22.2. The van der Waals surface area contributed by atoms with Gasteiger partial charge in [0, 0.05) is 32.7 Å². The average molecular weight is 455 g/mol. The smallest absolute Gasteiger partial charge is 0.264 e. The van der Waals surface area contributed by atoms with E-state index in [1.54, 1.807) is 14.0 Å². The van der Waals surface area contributed by atoms with E-state index in [9.17, 15) is 5.11 Å². The number of aromatic nitrogens is 2. The Balaban J connectivity index is 1.23. The van der Waals surface area contributed by atoms with Gasteiger partial charge in [0.15, 0.2) is 23.9 Å². The molecule has 1 N–H and O–H groups in total. The number of rotatable bonds is 10. The van der Waals surface area contributed by atoms with Gasteiger partial charge in [-0.1, -0.05) is 29.4 Å². The van der Waals surface area contributed by atoms with Crippen LogP contribution in [0.25, 0.3) is 0 Å². The van der Waals surface area contributed by atoms with Gasteiger partial charge in [0.1, 0.15) is 18.5 Å². The maximum Gasteiger partial charge on any atom is 0.264 e. The van der Waals surface area contributed by atoms with Crippen LogP contribution in [-0.2, 0) is 6.61 Å². The molecule has 0 spiro atoms. The lowest BCUT2D eigenvalue weighted by molar-refractivity contribution is 0.0647. The van der Waals surface area contributed by atoms with Crippen molar-refractivity contribution in [3.63, 3.8) is 0 Å². The topological polar surface area (TPSA) is 93.3 Å². The lowest BCUT2D eigenvalue weighted by atomic mass is 10.2. The van der Waals surface area contributed by atoms with Crippen molar-refractivity contribution in [1.82, 2.24) is 15.0 Å². The van der Waals surface area contributed by atoms with Crippen LogP contribution in [0.4, 0.5) is 5.69 Å². The number of anilines is 1. The van der Waals surface area contributed by atoms with Crippen LogP contribution in [0, 0.1) is 6.92 Å². The fraction of sp³-hybridized carbons (Fsp3) is 0.417. The van der Waals surface area contributed by atoms with Crippen LogP contribution in [-0.4, -0.2) is 72.7 Å². The molecule has 1 atom stereocenters. The average Bonchev–Trinajstić information content (AvgIpc) is 3.27. The van der Waals surface area contributed by atoms with Crippen molar-refractivity contribution in [2.45, 2.75) is 19.6 Å². The third-order valence-corrected chi connectivity index (χ3v) is 5.47. The maximum absolute atomic E-state index is 10.6. The highest BCUT2D eigenvalue weighted by atomic mass is 16.5. The Morgan fingerprint density at radius 3 is 2.30 bits per heavy atom. The number of nitrogens with zero attached hydrogens (tertiary/aromatic N) is 4. The number of aliphatic hydroxyl groups is 1. The van der Waals surface area contributed by atoms with Crippen LogP contribution in [0.3, 0.4) is 0 Å². The van der Waals surface area contributed by atoms with E-state index in [0.717, 1.165) is 37.6 Å². The molecule has 2 aromatic carbocycles. The highest BCUT2D eigenvalue weighted by molar-refractivity contribution is 5.58. The zero-order valence-electron chi connectivity index (χ0n) is 19.0. The Morgan fingerprint density at radius 1 is 0.970 bits per heavy atom. The zero-order valence-corrected chi connectivity index (χ0v) is 19.0. The molecule has 3 aromatic rings. The lowest BCUT2D eigenvalue weighted by Gasteiger charge is -2.37. The van der Waals surface area contributed by atoms with Crippen molar-refractivity contribution in [1.29, 1.82) is 0 Å². The van der Waals surface area contributed by atoms with Crippen LogP contribution in [0.15, 0.2) is 53.1 Å². The SMILES string of the molecule is COc1ccccc1N1CCN(C[C@@H](O)COc2ccccc2OCc2nc(C)no2)CC1. The fourth-order valence-electron chi connectivity index (χ4n) is 3.83.